The van der Waals surface area contributed by atoms with Crippen molar-refractivity contribution >= 4 is 17.5 Å². The van der Waals surface area contributed by atoms with Gasteiger partial charge in [-0.3, -0.25) is 9.59 Å². The molecule has 0 spiro atoms. The maximum absolute atomic E-state index is 14.5. The van der Waals surface area contributed by atoms with Crippen molar-refractivity contribution in [1.82, 2.24) is 24.8 Å². The maximum atomic E-state index is 14.5. The molecule has 48 heavy (non-hydrogen) atoms. The number of fused-ring (bicyclic) bond motifs is 2. The lowest BCUT2D eigenvalue weighted by Crippen LogP contribution is -2.47. The number of nitrogens with zero attached hydrogens (tertiary/aromatic N) is 4. The van der Waals surface area contributed by atoms with Crippen molar-refractivity contribution in [3.05, 3.63) is 82.3 Å². The quantitative estimate of drug-likeness (QED) is 0.218. The van der Waals surface area contributed by atoms with Crippen LogP contribution >= 0.6 is 0 Å². The fourth-order valence-corrected chi connectivity index (χ4v) is 6.77. The summed E-state index contributed by atoms with van der Waals surface area (Å²) in [5, 5.41) is 7.33. The molecule has 2 aromatic heterocycles. The maximum Gasteiger partial charge on any atom is 0.433 e. The predicted octanol–water partition coefficient (Wildman–Crippen LogP) is 5.75. The van der Waals surface area contributed by atoms with Gasteiger partial charge in [-0.25, -0.2) is 9.50 Å². The summed E-state index contributed by atoms with van der Waals surface area (Å²) < 4.78 is 60.1. The number of halogens is 3. The third kappa shape index (κ3) is 6.63. The van der Waals surface area contributed by atoms with Crippen molar-refractivity contribution in [3.63, 3.8) is 0 Å². The van der Waals surface area contributed by atoms with Crippen LogP contribution in [0.5, 0.6) is 17.2 Å². The summed E-state index contributed by atoms with van der Waals surface area (Å²) in [6.07, 6.45) is 0.419. The number of carbonyl (C=O) groups is 2. The molecule has 0 saturated heterocycles. The molecule has 0 radical (unpaired) electrons. The molecule has 2 aromatic carbocycles. The highest BCUT2D eigenvalue weighted by Gasteiger charge is 2.41. The number of hydrogen-bond acceptors (Lipinski definition) is 7. The third-order valence-corrected chi connectivity index (χ3v) is 9.16. The summed E-state index contributed by atoms with van der Waals surface area (Å²) in [7, 11) is 4.58. The minimum absolute atomic E-state index is 0.0347. The van der Waals surface area contributed by atoms with Crippen LogP contribution < -0.4 is 19.5 Å². The average Bonchev–Trinajstić information content (AvgIpc) is 3.86. The molecule has 0 aliphatic heterocycles. The first kappa shape index (κ1) is 33.1. The summed E-state index contributed by atoms with van der Waals surface area (Å²) >= 11 is 0. The molecule has 2 amide bonds. The number of hydrogen-bond donors (Lipinski definition) is 1. The zero-order chi connectivity index (χ0) is 34.0. The molecule has 1 saturated carbocycles. The average molecular weight is 666 g/mol. The summed E-state index contributed by atoms with van der Waals surface area (Å²) in [6.45, 7) is 0.0347. The first-order valence-corrected chi connectivity index (χ1v) is 16.1. The molecule has 1 atom stereocenters. The van der Waals surface area contributed by atoms with Crippen LogP contribution in [0.15, 0.2) is 48.5 Å². The number of methoxy groups -OCH3 is 3. The lowest BCUT2D eigenvalue weighted by atomic mass is 10.0. The highest BCUT2D eigenvalue weighted by Crippen LogP contribution is 2.37. The minimum Gasteiger partial charge on any atom is -0.497 e. The Morgan fingerprint density at radius 2 is 1.69 bits per heavy atom. The van der Waals surface area contributed by atoms with E-state index in [0.29, 0.717) is 47.8 Å². The van der Waals surface area contributed by atoms with Gasteiger partial charge in [-0.05, 0) is 73.9 Å². The van der Waals surface area contributed by atoms with Crippen molar-refractivity contribution in [2.45, 2.75) is 69.6 Å². The van der Waals surface area contributed by atoms with E-state index < -0.39 is 23.8 Å². The lowest BCUT2D eigenvalue weighted by Gasteiger charge is -2.32. The molecule has 10 nitrogen and oxygen atoms in total. The van der Waals surface area contributed by atoms with E-state index in [0.717, 1.165) is 35.8 Å². The summed E-state index contributed by atoms with van der Waals surface area (Å²) in [5.41, 5.74) is 0.562. The van der Waals surface area contributed by atoms with Gasteiger partial charge in [0.2, 0.25) is 5.91 Å². The molecule has 1 fully saturated rings. The Morgan fingerprint density at radius 1 is 0.958 bits per heavy atom. The number of rotatable bonds is 11. The number of amides is 2. The van der Waals surface area contributed by atoms with Gasteiger partial charge >= 0.3 is 6.18 Å². The normalized spacial score (nSPS) is 15.3. The van der Waals surface area contributed by atoms with E-state index >= 15 is 0 Å². The second-order valence-electron chi connectivity index (χ2n) is 12.1. The largest absolute Gasteiger partial charge is 0.497 e. The molecule has 4 aromatic rings. The molecule has 13 heteroatoms. The molecular weight excluding hydrogens is 627 g/mol. The van der Waals surface area contributed by atoms with Crippen LogP contribution in [-0.2, 0) is 30.2 Å². The first-order chi connectivity index (χ1) is 23.1. The number of aromatic nitrogens is 3. The highest BCUT2D eigenvalue weighted by molar-refractivity contribution is 5.97. The summed E-state index contributed by atoms with van der Waals surface area (Å²) in [5.74, 6) is 0.515. The van der Waals surface area contributed by atoms with Gasteiger partial charge in [0.1, 0.15) is 11.8 Å². The fourth-order valence-electron chi connectivity index (χ4n) is 6.77. The minimum atomic E-state index is -4.71. The van der Waals surface area contributed by atoms with E-state index in [-0.39, 0.29) is 41.8 Å². The van der Waals surface area contributed by atoms with E-state index in [1.165, 1.54) is 32.3 Å². The number of benzene rings is 2. The zero-order valence-corrected chi connectivity index (χ0v) is 27.1. The predicted molar refractivity (Wildman–Crippen MR) is 170 cm³/mol. The number of aryl methyl sites for hydroxylation is 1. The Labute approximate surface area is 276 Å². The van der Waals surface area contributed by atoms with E-state index in [2.05, 4.69) is 15.4 Å². The molecule has 2 aliphatic rings. The van der Waals surface area contributed by atoms with Crippen LogP contribution in [0.3, 0.4) is 0 Å². The molecule has 1 unspecified atom stereocenters. The second kappa shape index (κ2) is 13.7. The smallest absolute Gasteiger partial charge is 0.433 e. The van der Waals surface area contributed by atoms with Gasteiger partial charge in [0.25, 0.3) is 5.91 Å². The molecular formula is C35H38F3N5O5. The molecule has 254 valence electrons. The topological polar surface area (TPSA) is 107 Å². The number of nitrogens with one attached hydrogen (secondary N) is 1. The first-order valence-electron chi connectivity index (χ1n) is 16.1. The van der Waals surface area contributed by atoms with Crippen LogP contribution in [-0.4, -0.2) is 65.2 Å². The molecule has 1 N–H and O–H groups in total. The fraction of sp³-hybridized carbons (Fsp3) is 0.429. The van der Waals surface area contributed by atoms with Gasteiger partial charge in [-0.2, -0.15) is 18.3 Å². The van der Waals surface area contributed by atoms with Crippen LogP contribution in [0.2, 0.25) is 0 Å². The Hall–Kier alpha value is -4.81. The Bertz CT molecular complexity index is 1800. The monoisotopic (exact) mass is 665 g/mol. The SMILES string of the molecule is COc1ccc(C(C(=O)NC2CCCC2)N(CCc2ccc(OC)c(OC)c2)C(=O)c2cc3nc4c(c(C(F)(F)F)n3n2)CCC4)cc1. The zero-order valence-electron chi connectivity index (χ0n) is 27.1. The van der Waals surface area contributed by atoms with Crippen molar-refractivity contribution in [3.8, 4) is 17.2 Å². The summed E-state index contributed by atoms with van der Waals surface area (Å²) in [4.78, 5) is 34.5. The molecule has 6 rings (SSSR count). The Kier molecular flexibility index (Phi) is 9.47. The van der Waals surface area contributed by atoms with Crippen LogP contribution in [0.25, 0.3) is 5.65 Å². The highest BCUT2D eigenvalue weighted by atomic mass is 19.4. The van der Waals surface area contributed by atoms with Gasteiger partial charge in [0, 0.05) is 29.9 Å². The number of ether oxygens (including phenoxy) is 3. The van der Waals surface area contributed by atoms with Crippen molar-refractivity contribution < 1.29 is 37.0 Å². The molecule has 2 heterocycles. The van der Waals surface area contributed by atoms with Crippen molar-refractivity contribution in [2.24, 2.45) is 0 Å². The second-order valence-corrected chi connectivity index (χ2v) is 12.1. The Morgan fingerprint density at radius 3 is 2.35 bits per heavy atom. The van der Waals surface area contributed by atoms with E-state index in [4.69, 9.17) is 14.2 Å². The van der Waals surface area contributed by atoms with E-state index in [9.17, 15) is 22.8 Å². The lowest BCUT2D eigenvalue weighted by molar-refractivity contribution is -0.143. The van der Waals surface area contributed by atoms with Crippen LogP contribution in [0.4, 0.5) is 13.2 Å². The standard InChI is InChI=1S/C35H38F3N5O5/c1-46-24-14-12-22(13-15-24)31(33(44)39-23-7-4-5-8-23)42(18-17-21-11-16-28(47-2)29(19-21)48-3)34(45)27-20-30-40-26-10-6-9-25(26)32(35(36,37)38)43(30)41-27/h11-16,19-20,23,31H,4-10,17-18H2,1-3H3,(H,39,44). The molecule has 2 aliphatic carbocycles. The number of alkyl halides is 3. The third-order valence-electron chi connectivity index (χ3n) is 9.16. The van der Waals surface area contributed by atoms with Gasteiger partial charge in [-0.1, -0.05) is 31.0 Å². The van der Waals surface area contributed by atoms with Gasteiger partial charge in [0.05, 0.1) is 21.3 Å². The van der Waals surface area contributed by atoms with Crippen molar-refractivity contribution in [2.75, 3.05) is 27.9 Å². The molecule has 0 bridgehead atoms. The van der Waals surface area contributed by atoms with Crippen LogP contribution in [0, 0.1) is 0 Å². The van der Waals surface area contributed by atoms with Gasteiger partial charge in [-0.15, -0.1) is 0 Å². The van der Waals surface area contributed by atoms with Gasteiger partial charge in [0.15, 0.2) is 28.5 Å². The van der Waals surface area contributed by atoms with E-state index in [1.54, 1.807) is 36.4 Å². The summed E-state index contributed by atoms with van der Waals surface area (Å²) in [6, 6.07) is 12.3. The Balaban J connectivity index is 1.44. The van der Waals surface area contributed by atoms with Crippen LogP contribution in [0.1, 0.15) is 76.7 Å². The number of carbonyl (C=O) groups excluding carboxylic acids is 2. The van der Waals surface area contributed by atoms with E-state index in [1.807, 2.05) is 6.07 Å². The van der Waals surface area contributed by atoms with Gasteiger partial charge < -0.3 is 24.4 Å². The van der Waals surface area contributed by atoms with Crippen molar-refractivity contribution in [1.29, 1.82) is 0 Å².